The Morgan fingerprint density at radius 3 is 2.75 bits per heavy atom. The van der Waals surface area contributed by atoms with Crippen LogP contribution in [0.15, 0.2) is 50.4 Å². The third-order valence-corrected chi connectivity index (χ3v) is 5.01. The second-order valence-electron chi connectivity index (χ2n) is 5.54. The minimum Gasteiger partial charge on any atom is -0.406 e. The Morgan fingerprint density at radius 2 is 2.00 bits per heavy atom. The molecule has 7 heteroatoms. The van der Waals surface area contributed by atoms with Crippen LogP contribution in [0.2, 0.25) is 0 Å². The van der Waals surface area contributed by atoms with Crippen LogP contribution in [0.1, 0.15) is 19.3 Å². The van der Waals surface area contributed by atoms with Gasteiger partial charge in [-0.25, -0.2) is 4.79 Å². The highest BCUT2D eigenvalue weighted by atomic mass is 32.1. The van der Waals surface area contributed by atoms with Crippen molar-refractivity contribution < 1.29 is 14.0 Å². The molecular formula is C17H15NO5S. The zero-order valence-electron chi connectivity index (χ0n) is 12.8. The van der Waals surface area contributed by atoms with Gasteiger partial charge in [-0.15, -0.1) is 11.3 Å². The Morgan fingerprint density at radius 1 is 1.17 bits per heavy atom. The van der Waals surface area contributed by atoms with E-state index in [1.165, 1.54) is 11.3 Å². The first-order chi connectivity index (χ1) is 11.7. The third kappa shape index (κ3) is 2.76. The van der Waals surface area contributed by atoms with Crippen LogP contribution in [0, 0.1) is 0 Å². The first kappa shape index (κ1) is 15.2. The molecule has 124 valence electrons. The topological polar surface area (TPSA) is 70.7 Å². The Hall–Kier alpha value is -2.38. The largest absolute Gasteiger partial charge is 0.456 e. The van der Waals surface area contributed by atoms with Crippen LogP contribution >= 0.6 is 11.3 Å². The Balaban J connectivity index is 1.76. The van der Waals surface area contributed by atoms with Gasteiger partial charge in [0.05, 0.1) is 6.61 Å². The van der Waals surface area contributed by atoms with E-state index in [-0.39, 0.29) is 5.58 Å². The highest BCUT2D eigenvalue weighted by Crippen LogP contribution is 2.30. The number of hydrogen-bond donors (Lipinski definition) is 0. The first-order valence-electron chi connectivity index (χ1n) is 7.76. The van der Waals surface area contributed by atoms with E-state index in [9.17, 15) is 9.59 Å². The van der Waals surface area contributed by atoms with E-state index in [0.717, 1.165) is 23.3 Å². The van der Waals surface area contributed by atoms with Crippen LogP contribution < -0.4 is 16.2 Å². The van der Waals surface area contributed by atoms with Crippen LogP contribution in [0.4, 0.5) is 0 Å². The number of thiophene rings is 1. The molecule has 0 bridgehead atoms. The average molecular weight is 345 g/mol. The van der Waals surface area contributed by atoms with Crippen molar-refractivity contribution in [3.8, 4) is 10.4 Å². The highest BCUT2D eigenvalue weighted by molar-refractivity contribution is 7.22. The fourth-order valence-electron chi connectivity index (χ4n) is 2.66. The molecule has 4 rings (SSSR count). The first-order valence-corrected chi connectivity index (χ1v) is 8.58. The molecule has 1 atom stereocenters. The maximum absolute atomic E-state index is 12.6. The summed E-state index contributed by atoms with van der Waals surface area (Å²) in [6, 6.07) is 11.3. The number of aromatic nitrogens is 1. The van der Waals surface area contributed by atoms with Gasteiger partial charge in [-0.3, -0.25) is 4.79 Å². The van der Waals surface area contributed by atoms with E-state index >= 15 is 0 Å². The van der Waals surface area contributed by atoms with Crippen molar-refractivity contribution in [2.24, 2.45) is 0 Å². The summed E-state index contributed by atoms with van der Waals surface area (Å²) in [5.41, 5.74) is 0.727. The molecule has 0 N–H and O–H groups in total. The summed E-state index contributed by atoms with van der Waals surface area (Å²) < 4.78 is 11.7. The second kappa shape index (κ2) is 6.26. The molecule has 3 aromatic rings. The van der Waals surface area contributed by atoms with Crippen molar-refractivity contribution in [2.75, 3.05) is 6.61 Å². The number of fused-ring (bicyclic) bond motifs is 1. The lowest BCUT2D eigenvalue weighted by Gasteiger charge is -2.22. The van der Waals surface area contributed by atoms with Gasteiger partial charge in [0.2, 0.25) is 6.29 Å². The van der Waals surface area contributed by atoms with Crippen LogP contribution in [-0.4, -0.2) is 17.6 Å². The van der Waals surface area contributed by atoms with Gasteiger partial charge in [0.25, 0.3) is 0 Å². The van der Waals surface area contributed by atoms with E-state index in [0.29, 0.717) is 22.5 Å². The quantitative estimate of drug-likeness (QED) is 0.730. The van der Waals surface area contributed by atoms with E-state index in [2.05, 4.69) is 0 Å². The lowest BCUT2D eigenvalue weighted by atomic mass is 10.2. The molecule has 0 spiro atoms. The smallest absolute Gasteiger partial charge is 0.406 e. The van der Waals surface area contributed by atoms with Gasteiger partial charge >= 0.3 is 11.3 Å². The summed E-state index contributed by atoms with van der Waals surface area (Å²) in [4.78, 5) is 31.0. The Kier molecular flexibility index (Phi) is 3.95. The van der Waals surface area contributed by atoms with E-state index in [4.69, 9.17) is 14.0 Å². The van der Waals surface area contributed by atoms with Crippen molar-refractivity contribution in [1.82, 2.24) is 4.73 Å². The molecule has 1 aliphatic rings. The molecular weight excluding hydrogens is 330 g/mol. The van der Waals surface area contributed by atoms with Gasteiger partial charge in [-0.1, -0.05) is 35.1 Å². The molecule has 0 aliphatic carbocycles. The minimum atomic E-state index is -0.834. The SMILES string of the molecule is O=c1oc2cc(-c3ccccc3)sc2c(=O)n1OC1CCCCO1. The summed E-state index contributed by atoms with van der Waals surface area (Å²) in [5.74, 6) is -0.834. The van der Waals surface area contributed by atoms with Gasteiger partial charge in [0.1, 0.15) is 4.70 Å². The monoisotopic (exact) mass is 345 g/mol. The summed E-state index contributed by atoms with van der Waals surface area (Å²) >= 11 is 1.28. The van der Waals surface area contributed by atoms with E-state index in [1.807, 2.05) is 30.3 Å². The summed E-state index contributed by atoms with van der Waals surface area (Å²) in [6.07, 6.45) is 1.94. The molecule has 2 aromatic heterocycles. The van der Waals surface area contributed by atoms with E-state index < -0.39 is 17.6 Å². The number of benzene rings is 1. The summed E-state index contributed by atoms with van der Waals surface area (Å²) in [6.45, 7) is 0.560. The zero-order chi connectivity index (χ0) is 16.5. The Bertz CT molecular complexity index is 966. The van der Waals surface area contributed by atoms with Crippen LogP contribution in [0.25, 0.3) is 20.7 Å². The molecule has 1 saturated heterocycles. The fourth-order valence-corrected chi connectivity index (χ4v) is 3.67. The molecule has 6 nitrogen and oxygen atoms in total. The predicted molar refractivity (Wildman–Crippen MR) is 90.2 cm³/mol. The van der Waals surface area contributed by atoms with Gasteiger partial charge in [0.15, 0.2) is 5.58 Å². The molecule has 1 aliphatic heterocycles. The van der Waals surface area contributed by atoms with Crippen LogP contribution in [0.3, 0.4) is 0 Å². The van der Waals surface area contributed by atoms with Crippen molar-refractivity contribution in [2.45, 2.75) is 25.6 Å². The van der Waals surface area contributed by atoms with Gasteiger partial charge in [-0.2, -0.15) is 0 Å². The number of nitrogens with zero attached hydrogens (tertiary/aromatic N) is 1. The summed E-state index contributed by atoms with van der Waals surface area (Å²) in [5, 5.41) is 0. The summed E-state index contributed by atoms with van der Waals surface area (Å²) in [7, 11) is 0. The van der Waals surface area contributed by atoms with Crippen molar-refractivity contribution in [1.29, 1.82) is 0 Å². The van der Waals surface area contributed by atoms with Crippen molar-refractivity contribution in [3.05, 3.63) is 57.3 Å². The van der Waals surface area contributed by atoms with Gasteiger partial charge in [0, 0.05) is 17.4 Å². The molecule has 1 fully saturated rings. The normalized spacial score (nSPS) is 17.9. The molecule has 3 heterocycles. The van der Waals surface area contributed by atoms with Gasteiger partial charge in [-0.05, 0) is 18.4 Å². The minimum absolute atomic E-state index is 0.276. The number of rotatable bonds is 3. The molecule has 1 unspecified atom stereocenters. The molecule has 1 aromatic carbocycles. The molecule has 0 saturated carbocycles. The molecule has 0 radical (unpaired) electrons. The zero-order valence-corrected chi connectivity index (χ0v) is 13.6. The van der Waals surface area contributed by atoms with Crippen molar-refractivity contribution >= 4 is 21.6 Å². The number of ether oxygens (including phenoxy) is 1. The van der Waals surface area contributed by atoms with Crippen LogP contribution in [-0.2, 0) is 4.74 Å². The predicted octanol–water partition coefficient (Wildman–Crippen LogP) is 2.64. The fraction of sp³-hybridized carbons (Fsp3) is 0.294. The Labute approximate surface area is 140 Å². The maximum atomic E-state index is 12.6. The molecule has 24 heavy (non-hydrogen) atoms. The lowest BCUT2D eigenvalue weighted by molar-refractivity contribution is -0.171. The number of hydrogen-bond acceptors (Lipinski definition) is 6. The van der Waals surface area contributed by atoms with Crippen molar-refractivity contribution in [3.63, 3.8) is 0 Å². The van der Waals surface area contributed by atoms with Gasteiger partial charge < -0.3 is 14.0 Å². The maximum Gasteiger partial charge on any atom is 0.456 e. The lowest BCUT2D eigenvalue weighted by Crippen LogP contribution is -2.43. The standard InChI is InChI=1S/C17H15NO5S/c19-16-15-12(10-13(24-15)11-6-2-1-3-7-11)22-17(20)18(16)23-14-8-4-5-9-21-14/h1-3,6-7,10,14H,4-5,8-9H2. The van der Waals surface area contributed by atoms with E-state index in [1.54, 1.807) is 6.07 Å². The molecule has 0 amide bonds. The average Bonchev–Trinajstić information content (AvgIpc) is 3.04. The van der Waals surface area contributed by atoms with Crippen LogP contribution in [0.5, 0.6) is 0 Å². The highest BCUT2D eigenvalue weighted by Gasteiger charge is 2.21. The second-order valence-corrected chi connectivity index (χ2v) is 6.59. The third-order valence-electron chi connectivity index (χ3n) is 3.86.